The molecule has 138 valence electrons. The van der Waals surface area contributed by atoms with Gasteiger partial charge in [0.2, 0.25) is 5.91 Å². The number of amides is 2. The van der Waals surface area contributed by atoms with Gasteiger partial charge < -0.3 is 15.4 Å². The molecule has 1 saturated heterocycles. The van der Waals surface area contributed by atoms with Gasteiger partial charge in [-0.1, -0.05) is 0 Å². The molecule has 0 saturated carbocycles. The van der Waals surface area contributed by atoms with Crippen LogP contribution in [0.2, 0.25) is 0 Å². The molecule has 2 N–H and O–H groups in total. The highest BCUT2D eigenvalue weighted by molar-refractivity contribution is 6.04. The Labute approximate surface area is 148 Å². The minimum absolute atomic E-state index is 0.0276. The smallest absolute Gasteiger partial charge is 0.371 e. The number of benzene rings is 1. The molecule has 0 bridgehead atoms. The van der Waals surface area contributed by atoms with Crippen LogP contribution in [0.5, 0.6) is 0 Å². The average molecular weight is 362 g/mol. The van der Waals surface area contributed by atoms with Gasteiger partial charge in [-0.05, 0) is 37.6 Å². The second-order valence-electron chi connectivity index (χ2n) is 5.76. The summed E-state index contributed by atoms with van der Waals surface area (Å²) < 4.78 is 4.61. The highest BCUT2D eigenvalue weighted by Gasteiger charge is 2.20. The van der Waals surface area contributed by atoms with Gasteiger partial charge in [0.05, 0.1) is 10.5 Å². The van der Waals surface area contributed by atoms with Crippen molar-refractivity contribution in [2.24, 2.45) is 10.9 Å². The van der Waals surface area contributed by atoms with E-state index in [1.807, 2.05) is 0 Å². The molecule has 0 aromatic heterocycles. The van der Waals surface area contributed by atoms with Gasteiger partial charge in [-0.3, -0.25) is 14.9 Å². The van der Waals surface area contributed by atoms with Crippen LogP contribution in [0.15, 0.2) is 29.3 Å². The monoisotopic (exact) mass is 362 g/mol. The fraction of sp³-hybridized carbons (Fsp3) is 0.375. The molecule has 1 aliphatic heterocycles. The molecular formula is C16H18N4O6. The summed E-state index contributed by atoms with van der Waals surface area (Å²) in [5, 5.41) is 16.2. The van der Waals surface area contributed by atoms with Crippen LogP contribution in [-0.4, -0.2) is 41.8 Å². The van der Waals surface area contributed by atoms with Crippen molar-refractivity contribution in [3.8, 4) is 0 Å². The molecule has 0 radical (unpaired) electrons. The Morgan fingerprint density at radius 2 is 2.04 bits per heavy atom. The third kappa shape index (κ3) is 5.74. The summed E-state index contributed by atoms with van der Waals surface area (Å²) in [6, 6.07) is 4.60. The SMILES string of the molecule is CC(=O)NC(C[C@H]1CCNC1)=NC(=O)OC(=O)c1ccc([N+](=O)[O-])cc1. The predicted molar refractivity (Wildman–Crippen MR) is 90.8 cm³/mol. The number of carbonyl (C=O) groups excluding carboxylic acids is 3. The normalized spacial score (nSPS) is 16.8. The van der Waals surface area contributed by atoms with E-state index in [0.717, 1.165) is 31.6 Å². The molecule has 10 heteroatoms. The van der Waals surface area contributed by atoms with Crippen molar-refractivity contribution in [1.29, 1.82) is 0 Å². The lowest BCUT2D eigenvalue weighted by Crippen LogP contribution is -2.31. The maximum absolute atomic E-state index is 11.9. The van der Waals surface area contributed by atoms with Gasteiger partial charge in [0.15, 0.2) is 0 Å². The maximum atomic E-state index is 11.9. The number of hydrogen-bond donors (Lipinski definition) is 2. The van der Waals surface area contributed by atoms with Crippen molar-refractivity contribution >= 4 is 29.5 Å². The fourth-order valence-electron chi connectivity index (χ4n) is 2.48. The fourth-order valence-corrected chi connectivity index (χ4v) is 2.48. The van der Waals surface area contributed by atoms with Crippen molar-refractivity contribution in [3.63, 3.8) is 0 Å². The van der Waals surface area contributed by atoms with Crippen molar-refractivity contribution in [3.05, 3.63) is 39.9 Å². The largest absolute Gasteiger partial charge is 0.443 e. The quantitative estimate of drug-likeness (QED) is 0.206. The van der Waals surface area contributed by atoms with Crippen LogP contribution >= 0.6 is 0 Å². The van der Waals surface area contributed by atoms with Gasteiger partial charge in [0.1, 0.15) is 5.84 Å². The molecule has 1 aromatic carbocycles. The minimum atomic E-state index is -1.16. The Kier molecular flexibility index (Phi) is 6.50. The second-order valence-corrected chi connectivity index (χ2v) is 5.76. The van der Waals surface area contributed by atoms with Crippen LogP contribution in [0.4, 0.5) is 10.5 Å². The van der Waals surface area contributed by atoms with E-state index in [4.69, 9.17) is 0 Å². The van der Waals surface area contributed by atoms with E-state index in [2.05, 4.69) is 20.4 Å². The average Bonchev–Trinajstić information content (AvgIpc) is 3.07. The first-order chi connectivity index (χ1) is 12.3. The summed E-state index contributed by atoms with van der Waals surface area (Å²) in [6.07, 6.45) is 0.0889. The van der Waals surface area contributed by atoms with E-state index >= 15 is 0 Å². The zero-order valence-electron chi connectivity index (χ0n) is 14.1. The first-order valence-corrected chi connectivity index (χ1v) is 7.91. The number of hydrogen-bond acceptors (Lipinski definition) is 7. The topological polar surface area (TPSA) is 140 Å². The van der Waals surface area contributed by atoms with Crippen LogP contribution in [0.1, 0.15) is 30.1 Å². The van der Waals surface area contributed by atoms with Gasteiger partial charge in [0, 0.05) is 25.5 Å². The molecule has 26 heavy (non-hydrogen) atoms. The van der Waals surface area contributed by atoms with E-state index in [9.17, 15) is 24.5 Å². The van der Waals surface area contributed by atoms with Crippen molar-refractivity contribution in [2.75, 3.05) is 13.1 Å². The van der Waals surface area contributed by atoms with Gasteiger partial charge >= 0.3 is 12.1 Å². The Hall–Kier alpha value is -3.14. The molecule has 0 aliphatic carbocycles. The molecule has 10 nitrogen and oxygen atoms in total. The summed E-state index contributed by atoms with van der Waals surface area (Å²) in [7, 11) is 0. The lowest BCUT2D eigenvalue weighted by molar-refractivity contribution is -0.384. The van der Waals surface area contributed by atoms with E-state index in [1.54, 1.807) is 0 Å². The molecule has 2 rings (SSSR count). The summed E-state index contributed by atoms with van der Waals surface area (Å²) in [5.41, 5.74) is -0.218. The van der Waals surface area contributed by atoms with E-state index in [-0.39, 0.29) is 28.9 Å². The number of ether oxygens (including phenoxy) is 1. The van der Waals surface area contributed by atoms with Crippen LogP contribution < -0.4 is 10.6 Å². The molecule has 1 fully saturated rings. The number of aliphatic imine (C=N–C) groups is 1. The Bertz CT molecular complexity index is 738. The van der Waals surface area contributed by atoms with E-state index in [0.29, 0.717) is 6.42 Å². The summed E-state index contributed by atoms with van der Waals surface area (Å²) in [6.45, 7) is 2.88. The zero-order chi connectivity index (χ0) is 19.1. The molecule has 0 spiro atoms. The van der Waals surface area contributed by atoms with Crippen molar-refractivity contribution < 1.29 is 24.0 Å². The number of nitrogens with one attached hydrogen (secondary N) is 2. The van der Waals surface area contributed by atoms with Crippen LogP contribution in [-0.2, 0) is 9.53 Å². The lowest BCUT2D eigenvalue weighted by atomic mass is 10.0. The standard InChI is InChI=1S/C16H18N4O6/c1-10(21)18-14(8-11-6-7-17-9-11)19-16(23)26-15(22)12-2-4-13(5-3-12)20(24)25/h2-5,11,17H,6-9H2,1H3,(H,18,19,21,23)/t11-/m1/s1. The number of nitro benzene ring substituents is 1. The molecule has 2 amide bonds. The first-order valence-electron chi connectivity index (χ1n) is 7.91. The maximum Gasteiger partial charge on any atom is 0.443 e. The highest BCUT2D eigenvalue weighted by atomic mass is 16.6. The first kappa shape index (κ1) is 19.2. The van der Waals surface area contributed by atoms with E-state index in [1.165, 1.54) is 19.1 Å². The number of nitrogens with zero attached hydrogens (tertiary/aromatic N) is 2. The zero-order valence-corrected chi connectivity index (χ0v) is 14.1. The number of nitro groups is 1. The van der Waals surface area contributed by atoms with Gasteiger partial charge in [-0.25, -0.2) is 9.59 Å². The highest BCUT2D eigenvalue weighted by Crippen LogP contribution is 2.14. The third-order valence-electron chi connectivity index (χ3n) is 3.68. The Balaban J connectivity index is 2.02. The molecule has 1 atom stereocenters. The Morgan fingerprint density at radius 3 is 2.58 bits per heavy atom. The lowest BCUT2D eigenvalue weighted by Gasteiger charge is -2.11. The van der Waals surface area contributed by atoms with Crippen LogP contribution in [0.3, 0.4) is 0 Å². The van der Waals surface area contributed by atoms with Crippen LogP contribution in [0.25, 0.3) is 0 Å². The molecule has 1 aliphatic rings. The molecule has 1 heterocycles. The summed E-state index contributed by atoms with van der Waals surface area (Å²) >= 11 is 0. The number of carbonyl (C=O) groups is 3. The van der Waals surface area contributed by atoms with Gasteiger partial charge in [0.25, 0.3) is 5.69 Å². The third-order valence-corrected chi connectivity index (χ3v) is 3.68. The molecule has 1 aromatic rings. The minimum Gasteiger partial charge on any atom is -0.371 e. The van der Waals surface area contributed by atoms with Crippen LogP contribution in [0, 0.1) is 16.0 Å². The number of rotatable bonds is 4. The van der Waals surface area contributed by atoms with Crippen molar-refractivity contribution in [1.82, 2.24) is 10.6 Å². The van der Waals surface area contributed by atoms with Gasteiger partial charge in [-0.2, -0.15) is 4.99 Å². The summed E-state index contributed by atoms with van der Waals surface area (Å²) in [4.78, 5) is 48.7. The number of amidine groups is 1. The number of esters is 1. The molecular weight excluding hydrogens is 344 g/mol. The second kappa shape index (κ2) is 8.81. The summed E-state index contributed by atoms with van der Waals surface area (Å²) in [5.74, 6) is -1.02. The van der Waals surface area contributed by atoms with Crippen molar-refractivity contribution in [2.45, 2.75) is 19.8 Å². The van der Waals surface area contributed by atoms with Gasteiger partial charge in [-0.15, -0.1) is 0 Å². The van der Waals surface area contributed by atoms with E-state index < -0.39 is 17.0 Å². The molecule has 0 unspecified atom stereocenters. The predicted octanol–water partition coefficient (Wildman–Crippen LogP) is 1.41. The number of non-ortho nitro benzene ring substituents is 1. The Morgan fingerprint density at radius 1 is 1.35 bits per heavy atom.